The van der Waals surface area contributed by atoms with Gasteiger partial charge in [-0.1, -0.05) is 39.3 Å². The first-order valence-corrected chi connectivity index (χ1v) is 6.52. The standard InChI is InChI=1S/C13H25N3/c1-5-6-9-16-10-13(14-15-16)8-7-12(4)11(2)3/h10-12H,5-9H2,1-4H3. The second-order valence-electron chi connectivity index (χ2n) is 5.09. The van der Waals surface area contributed by atoms with Crippen molar-refractivity contribution in [3.05, 3.63) is 11.9 Å². The number of hydrogen-bond donors (Lipinski definition) is 0. The molecule has 0 aliphatic heterocycles. The Morgan fingerprint density at radius 3 is 2.69 bits per heavy atom. The Kier molecular flexibility index (Phi) is 5.50. The Morgan fingerprint density at radius 1 is 1.31 bits per heavy atom. The largest absolute Gasteiger partial charge is 0.252 e. The average Bonchev–Trinajstić information content (AvgIpc) is 2.70. The van der Waals surface area contributed by atoms with Crippen molar-refractivity contribution in [2.24, 2.45) is 11.8 Å². The van der Waals surface area contributed by atoms with Crippen LogP contribution in [0.1, 0.15) is 52.7 Å². The maximum atomic E-state index is 4.21. The molecule has 3 heteroatoms. The summed E-state index contributed by atoms with van der Waals surface area (Å²) in [6.07, 6.45) is 6.77. The first-order valence-electron chi connectivity index (χ1n) is 6.52. The lowest BCUT2D eigenvalue weighted by atomic mass is 9.93. The van der Waals surface area contributed by atoms with E-state index in [1.165, 1.54) is 19.3 Å². The van der Waals surface area contributed by atoms with Crippen molar-refractivity contribution in [3.8, 4) is 0 Å². The molecule has 0 fully saturated rings. The molecular formula is C13H25N3. The van der Waals surface area contributed by atoms with E-state index in [1.54, 1.807) is 0 Å². The molecule has 0 bridgehead atoms. The van der Waals surface area contributed by atoms with Crippen LogP contribution in [0.5, 0.6) is 0 Å². The number of aromatic nitrogens is 3. The van der Waals surface area contributed by atoms with Gasteiger partial charge in [0.05, 0.1) is 5.69 Å². The van der Waals surface area contributed by atoms with Gasteiger partial charge in [0.1, 0.15) is 0 Å². The fourth-order valence-electron chi connectivity index (χ4n) is 1.59. The molecule has 0 amide bonds. The minimum atomic E-state index is 0.759. The molecule has 0 aromatic carbocycles. The lowest BCUT2D eigenvalue weighted by Crippen LogP contribution is -2.05. The fourth-order valence-corrected chi connectivity index (χ4v) is 1.59. The van der Waals surface area contributed by atoms with E-state index < -0.39 is 0 Å². The average molecular weight is 223 g/mol. The van der Waals surface area contributed by atoms with Crippen LogP contribution in [0.25, 0.3) is 0 Å². The highest BCUT2D eigenvalue weighted by atomic mass is 15.4. The highest BCUT2D eigenvalue weighted by molar-refractivity contribution is 4.92. The molecule has 0 radical (unpaired) electrons. The molecule has 0 aliphatic rings. The number of rotatable bonds is 7. The molecule has 0 saturated heterocycles. The quantitative estimate of drug-likeness (QED) is 0.710. The third kappa shape index (κ3) is 4.33. The zero-order valence-corrected chi connectivity index (χ0v) is 11.1. The number of hydrogen-bond acceptors (Lipinski definition) is 2. The third-order valence-corrected chi connectivity index (χ3v) is 3.32. The molecule has 1 heterocycles. The molecular weight excluding hydrogens is 198 g/mol. The van der Waals surface area contributed by atoms with E-state index >= 15 is 0 Å². The molecule has 0 aliphatic carbocycles. The van der Waals surface area contributed by atoms with Gasteiger partial charge in [-0.2, -0.15) is 0 Å². The maximum Gasteiger partial charge on any atom is 0.0827 e. The van der Waals surface area contributed by atoms with Crippen LogP contribution < -0.4 is 0 Å². The molecule has 1 atom stereocenters. The highest BCUT2D eigenvalue weighted by Gasteiger charge is 2.08. The number of aryl methyl sites for hydroxylation is 2. The SMILES string of the molecule is CCCCn1cc(CCC(C)C(C)C)nn1. The van der Waals surface area contributed by atoms with Crippen molar-refractivity contribution in [1.82, 2.24) is 15.0 Å². The smallest absolute Gasteiger partial charge is 0.0827 e. The second kappa shape index (κ2) is 6.66. The summed E-state index contributed by atoms with van der Waals surface area (Å²) in [6.45, 7) is 10.1. The Morgan fingerprint density at radius 2 is 2.06 bits per heavy atom. The Labute approximate surface area is 99.2 Å². The van der Waals surface area contributed by atoms with Crippen molar-refractivity contribution in [3.63, 3.8) is 0 Å². The Bertz CT molecular complexity index is 291. The molecule has 0 saturated carbocycles. The second-order valence-corrected chi connectivity index (χ2v) is 5.09. The van der Waals surface area contributed by atoms with Gasteiger partial charge in [-0.05, 0) is 31.1 Å². The van der Waals surface area contributed by atoms with E-state index in [0.29, 0.717) is 0 Å². The van der Waals surface area contributed by atoms with E-state index in [-0.39, 0.29) is 0 Å². The summed E-state index contributed by atoms with van der Waals surface area (Å²) in [6, 6.07) is 0. The summed E-state index contributed by atoms with van der Waals surface area (Å²) in [5.74, 6) is 1.52. The van der Waals surface area contributed by atoms with Crippen LogP contribution in [0.15, 0.2) is 6.20 Å². The van der Waals surface area contributed by atoms with Crippen molar-refractivity contribution < 1.29 is 0 Å². The van der Waals surface area contributed by atoms with E-state index in [4.69, 9.17) is 0 Å². The zero-order chi connectivity index (χ0) is 12.0. The summed E-state index contributed by atoms with van der Waals surface area (Å²) >= 11 is 0. The van der Waals surface area contributed by atoms with Gasteiger partial charge in [0.2, 0.25) is 0 Å². The third-order valence-electron chi connectivity index (χ3n) is 3.32. The van der Waals surface area contributed by atoms with Crippen LogP contribution in [-0.4, -0.2) is 15.0 Å². The van der Waals surface area contributed by atoms with Crippen molar-refractivity contribution >= 4 is 0 Å². The van der Waals surface area contributed by atoms with Gasteiger partial charge >= 0.3 is 0 Å². The Balaban J connectivity index is 2.34. The number of unbranched alkanes of at least 4 members (excludes halogenated alkanes) is 1. The summed E-state index contributed by atoms with van der Waals surface area (Å²) in [5, 5.41) is 8.36. The topological polar surface area (TPSA) is 30.7 Å². The molecule has 1 aromatic rings. The van der Waals surface area contributed by atoms with Gasteiger partial charge in [-0.3, -0.25) is 4.68 Å². The normalized spacial score (nSPS) is 13.3. The lowest BCUT2D eigenvalue weighted by molar-refractivity contribution is 0.391. The van der Waals surface area contributed by atoms with E-state index in [1.807, 2.05) is 4.68 Å². The molecule has 0 N–H and O–H groups in total. The van der Waals surface area contributed by atoms with Crippen LogP contribution in [0, 0.1) is 11.8 Å². The maximum absolute atomic E-state index is 4.21. The van der Waals surface area contributed by atoms with Crippen molar-refractivity contribution in [2.75, 3.05) is 0 Å². The molecule has 3 nitrogen and oxygen atoms in total. The van der Waals surface area contributed by atoms with Gasteiger partial charge in [0.15, 0.2) is 0 Å². The monoisotopic (exact) mass is 223 g/mol. The van der Waals surface area contributed by atoms with Crippen LogP contribution in [0.3, 0.4) is 0 Å². The predicted molar refractivity (Wildman–Crippen MR) is 67.3 cm³/mol. The molecule has 1 unspecified atom stereocenters. The summed E-state index contributed by atoms with van der Waals surface area (Å²) < 4.78 is 1.97. The van der Waals surface area contributed by atoms with E-state index in [0.717, 1.165) is 30.5 Å². The van der Waals surface area contributed by atoms with Crippen LogP contribution in [0.4, 0.5) is 0 Å². The van der Waals surface area contributed by atoms with Gasteiger partial charge in [0.25, 0.3) is 0 Å². The van der Waals surface area contributed by atoms with Crippen LogP contribution in [0.2, 0.25) is 0 Å². The summed E-state index contributed by atoms with van der Waals surface area (Å²) in [7, 11) is 0. The predicted octanol–water partition coefficient (Wildman–Crippen LogP) is 3.30. The first kappa shape index (κ1) is 13.2. The minimum Gasteiger partial charge on any atom is -0.252 e. The van der Waals surface area contributed by atoms with Gasteiger partial charge in [-0.25, -0.2) is 0 Å². The highest BCUT2D eigenvalue weighted by Crippen LogP contribution is 2.16. The fraction of sp³-hybridized carbons (Fsp3) is 0.846. The van der Waals surface area contributed by atoms with Crippen LogP contribution >= 0.6 is 0 Å². The van der Waals surface area contributed by atoms with Gasteiger partial charge in [-0.15, -0.1) is 5.10 Å². The Hall–Kier alpha value is -0.860. The van der Waals surface area contributed by atoms with Gasteiger partial charge < -0.3 is 0 Å². The number of nitrogens with zero attached hydrogens (tertiary/aromatic N) is 3. The van der Waals surface area contributed by atoms with E-state index in [2.05, 4.69) is 44.2 Å². The van der Waals surface area contributed by atoms with Crippen molar-refractivity contribution in [2.45, 2.75) is 59.9 Å². The van der Waals surface area contributed by atoms with Gasteiger partial charge in [0, 0.05) is 12.7 Å². The summed E-state index contributed by atoms with van der Waals surface area (Å²) in [4.78, 5) is 0. The van der Waals surface area contributed by atoms with Crippen molar-refractivity contribution in [1.29, 1.82) is 0 Å². The molecule has 1 rings (SSSR count). The molecule has 1 aromatic heterocycles. The minimum absolute atomic E-state index is 0.759. The van der Waals surface area contributed by atoms with E-state index in [9.17, 15) is 0 Å². The zero-order valence-electron chi connectivity index (χ0n) is 11.1. The molecule has 92 valence electrons. The lowest BCUT2D eigenvalue weighted by Gasteiger charge is -2.13. The molecule has 0 spiro atoms. The van der Waals surface area contributed by atoms with Crippen LogP contribution in [-0.2, 0) is 13.0 Å². The summed E-state index contributed by atoms with van der Waals surface area (Å²) in [5.41, 5.74) is 1.14. The molecule has 16 heavy (non-hydrogen) atoms. The first-order chi connectivity index (χ1) is 7.63.